The maximum absolute atomic E-state index is 12.7. The van der Waals surface area contributed by atoms with E-state index in [0.29, 0.717) is 77.9 Å². The number of rotatable bonds is 16. The molecule has 196 valence electrons. The van der Waals surface area contributed by atoms with Gasteiger partial charge in [-0.2, -0.15) is 0 Å². The third-order valence-electron chi connectivity index (χ3n) is 5.72. The predicted molar refractivity (Wildman–Crippen MR) is 130 cm³/mol. The molecule has 3 amide bonds. The van der Waals surface area contributed by atoms with E-state index in [4.69, 9.17) is 24.7 Å². The SMILES string of the molecule is Cl.NCCOCCOCCOCCOCCCc1ccc2c(c1)CN(C1CCC(=O)NC1=O)C2=O. The van der Waals surface area contributed by atoms with Gasteiger partial charge in [0.1, 0.15) is 6.04 Å². The van der Waals surface area contributed by atoms with Gasteiger partial charge in [0.2, 0.25) is 11.8 Å². The lowest BCUT2D eigenvalue weighted by Crippen LogP contribution is -2.52. The van der Waals surface area contributed by atoms with Crippen LogP contribution in [0.3, 0.4) is 0 Å². The Morgan fingerprint density at radius 3 is 2.17 bits per heavy atom. The second kappa shape index (κ2) is 15.8. The molecular formula is C24H36ClN3O7. The topological polar surface area (TPSA) is 129 Å². The van der Waals surface area contributed by atoms with Crippen molar-refractivity contribution in [3.8, 4) is 0 Å². The highest BCUT2D eigenvalue weighted by molar-refractivity contribution is 6.05. The molecule has 0 bridgehead atoms. The average molecular weight is 514 g/mol. The van der Waals surface area contributed by atoms with Crippen molar-refractivity contribution in [2.45, 2.75) is 38.3 Å². The Morgan fingerprint density at radius 2 is 1.54 bits per heavy atom. The number of aryl methyl sites for hydroxylation is 1. The molecule has 0 aliphatic carbocycles. The summed E-state index contributed by atoms with van der Waals surface area (Å²) >= 11 is 0. The summed E-state index contributed by atoms with van der Waals surface area (Å²) in [7, 11) is 0. The van der Waals surface area contributed by atoms with Crippen LogP contribution in [0.2, 0.25) is 0 Å². The molecule has 2 aliphatic heterocycles. The highest BCUT2D eigenvalue weighted by Gasteiger charge is 2.38. The highest BCUT2D eigenvalue weighted by Crippen LogP contribution is 2.28. The first kappa shape index (κ1) is 29.2. The number of hydrogen-bond donors (Lipinski definition) is 2. The maximum atomic E-state index is 12.7. The number of nitrogens with zero attached hydrogens (tertiary/aromatic N) is 1. The van der Waals surface area contributed by atoms with E-state index in [9.17, 15) is 14.4 Å². The second-order valence-electron chi connectivity index (χ2n) is 8.23. The average Bonchev–Trinajstić information content (AvgIpc) is 3.14. The van der Waals surface area contributed by atoms with Crippen LogP contribution in [-0.2, 0) is 41.5 Å². The first-order valence-electron chi connectivity index (χ1n) is 11.9. The molecule has 0 aromatic heterocycles. The monoisotopic (exact) mass is 513 g/mol. The van der Waals surface area contributed by atoms with Crippen molar-refractivity contribution in [3.63, 3.8) is 0 Å². The highest BCUT2D eigenvalue weighted by atomic mass is 35.5. The second-order valence-corrected chi connectivity index (χ2v) is 8.23. The zero-order chi connectivity index (χ0) is 24.2. The van der Waals surface area contributed by atoms with Crippen molar-refractivity contribution in [1.29, 1.82) is 0 Å². The molecule has 1 aromatic carbocycles. The number of nitrogens with one attached hydrogen (secondary N) is 1. The fraction of sp³-hybridized carbons (Fsp3) is 0.625. The summed E-state index contributed by atoms with van der Waals surface area (Å²) in [5.74, 6) is -0.820. The van der Waals surface area contributed by atoms with E-state index in [-0.39, 0.29) is 36.5 Å². The largest absolute Gasteiger partial charge is 0.379 e. The number of piperidine rings is 1. The number of benzene rings is 1. The molecule has 2 heterocycles. The van der Waals surface area contributed by atoms with Crippen LogP contribution in [0, 0.1) is 0 Å². The van der Waals surface area contributed by atoms with Crippen molar-refractivity contribution in [2.75, 3.05) is 59.4 Å². The Morgan fingerprint density at radius 1 is 0.914 bits per heavy atom. The summed E-state index contributed by atoms with van der Waals surface area (Å²) in [5.41, 5.74) is 8.01. The third-order valence-corrected chi connectivity index (χ3v) is 5.72. The van der Waals surface area contributed by atoms with Crippen LogP contribution in [0.5, 0.6) is 0 Å². The van der Waals surface area contributed by atoms with Gasteiger partial charge in [-0.05, 0) is 36.5 Å². The third kappa shape index (κ3) is 9.14. The Bertz CT molecular complexity index is 839. The molecule has 0 radical (unpaired) electrons. The van der Waals surface area contributed by atoms with Crippen molar-refractivity contribution in [3.05, 3.63) is 34.9 Å². The fourth-order valence-electron chi connectivity index (χ4n) is 4.01. The van der Waals surface area contributed by atoms with Crippen molar-refractivity contribution < 1.29 is 33.3 Å². The molecule has 11 heteroatoms. The van der Waals surface area contributed by atoms with E-state index in [2.05, 4.69) is 5.32 Å². The summed E-state index contributed by atoms with van der Waals surface area (Å²) in [6.45, 7) is 5.24. The van der Waals surface area contributed by atoms with Gasteiger partial charge in [-0.15, -0.1) is 12.4 Å². The van der Waals surface area contributed by atoms with E-state index >= 15 is 0 Å². The summed E-state index contributed by atoms with van der Waals surface area (Å²) in [4.78, 5) is 37.9. The summed E-state index contributed by atoms with van der Waals surface area (Å²) in [5, 5.41) is 2.33. The van der Waals surface area contributed by atoms with Crippen LogP contribution in [0.15, 0.2) is 18.2 Å². The lowest BCUT2D eigenvalue weighted by molar-refractivity contribution is -0.136. The number of imide groups is 1. The molecule has 1 saturated heterocycles. The van der Waals surface area contributed by atoms with E-state index in [0.717, 1.165) is 24.0 Å². The van der Waals surface area contributed by atoms with Crippen LogP contribution in [-0.4, -0.2) is 88.1 Å². The Hall–Kier alpha value is -2.08. The molecule has 1 fully saturated rings. The molecule has 0 saturated carbocycles. The lowest BCUT2D eigenvalue weighted by Gasteiger charge is -2.29. The minimum atomic E-state index is -0.585. The van der Waals surface area contributed by atoms with Crippen LogP contribution in [0.25, 0.3) is 0 Å². The normalized spacial score (nSPS) is 17.3. The molecule has 0 spiro atoms. The van der Waals surface area contributed by atoms with Crippen molar-refractivity contribution in [2.24, 2.45) is 5.73 Å². The first-order valence-corrected chi connectivity index (χ1v) is 11.9. The first-order chi connectivity index (χ1) is 16.6. The predicted octanol–water partition coefficient (Wildman–Crippen LogP) is 0.827. The van der Waals surface area contributed by atoms with Crippen LogP contribution >= 0.6 is 12.4 Å². The number of fused-ring (bicyclic) bond motifs is 1. The molecule has 1 atom stereocenters. The van der Waals surface area contributed by atoms with E-state index in [1.54, 1.807) is 4.90 Å². The zero-order valence-electron chi connectivity index (χ0n) is 20.0. The molecule has 35 heavy (non-hydrogen) atoms. The summed E-state index contributed by atoms with van der Waals surface area (Å²) in [6.07, 6.45) is 2.32. The lowest BCUT2D eigenvalue weighted by atomic mass is 10.0. The number of nitrogens with two attached hydrogens (primary N) is 1. The van der Waals surface area contributed by atoms with Gasteiger partial charge in [0.25, 0.3) is 5.91 Å². The molecule has 3 rings (SSSR count). The van der Waals surface area contributed by atoms with Crippen molar-refractivity contribution in [1.82, 2.24) is 10.2 Å². The number of halogens is 1. The maximum Gasteiger partial charge on any atom is 0.255 e. The van der Waals surface area contributed by atoms with Gasteiger partial charge < -0.3 is 29.6 Å². The van der Waals surface area contributed by atoms with Gasteiger partial charge in [-0.3, -0.25) is 19.7 Å². The number of hydrogen-bond acceptors (Lipinski definition) is 8. The van der Waals surface area contributed by atoms with Crippen LogP contribution in [0.4, 0.5) is 0 Å². The quantitative estimate of drug-likeness (QED) is 0.245. The van der Waals surface area contributed by atoms with Gasteiger partial charge in [-0.1, -0.05) is 12.1 Å². The van der Waals surface area contributed by atoms with E-state index < -0.39 is 6.04 Å². The van der Waals surface area contributed by atoms with Crippen LogP contribution < -0.4 is 11.1 Å². The number of carbonyl (C=O) groups is 3. The standard InChI is InChI=1S/C24H35N3O7.ClH/c25-7-9-32-11-13-34-15-14-33-12-10-31-8-1-2-18-3-4-20-19(16-18)17-27(24(20)30)21-5-6-22(28)26-23(21)29;/h3-4,16,21H,1-2,5-15,17,25H2,(H,26,28,29);1H. The fourth-order valence-corrected chi connectivity index (χ4v) is 4.01. The molecule has 10 nitrogen and oxygen atoms in total. The zero-order valence-corrected chi connectivity index (χ0v) is 20.8. The smallest absolute Gasteiger partial charge is 0.255 e. The molecule has 3 N–H and O–H groups in total. The van der Waals surface area contributed by atoms with Crippen LogP contribution in [0.1, 0.15) is 40.7 Å². The summed E-state index contributed by atoms with van der Waals surface area (Å²) < 4.78 is 21.7. The number of carbonyl (C=O) groups excluding carboxylic acids is 3. The van der Waals surface area contributed by atoms with E-state index in [1.807, 2.05) is 18.2 Å². The Balaban J connectivity index is 0.00000432. The summed E-state index contributed by atoms with van der Waals surface area (Å²) in [6, 6.07) is 5.23. The van der Waals surface area contributed by atoms with Gasteiger partial charge in [0.15, 0.2) is 0 Å². The Labute approximate surface area is 212 Å². The van der Waals surface area contributed by atoms with Crippen molar-refractivity contribution >= 4 is 30.1 Å². The molecule has 1 aromatic rings. The Kier molecular flexibility index (Phi) is 13.2. The minimum absolute atomic E-state index is 0. The number of ether oxygens (including phenoxy) is 4. The molecular weight excluding hydrogens is 478 g/mol. The minimum Gasteiger partial charge on any atom is -0.379 e. The molecule has 1 unspecified atom stereocenters. The van der Waals surface area contributed by atoms with Gasteiger partial charge in [-0.25, -0.2) is 0 Å². The van der Waals surface area contributed by atoms with Gasteiger partial charge in [0, 0.05) is 31.7 Å². The molecule has 2 aliphatic rings. The van der Waals surface area contributed by atoms with E-state index in [1.165, 1.54) is 0 Å². The van der Waals surface area contributed by atoms with Gasteiger partial charge >= 0.3 is 0 Å². The van der Waals surface area contributed by atoms with Gasteiger partial charge in [0.05, 0.1) is 46.2 Å². The number of amides is 3.